The summed E-state index contributed by atoms with van der Waals surface area (Å²) in [5, 5.41) is 2.35. The van der Waals surface area contributed by atoms with E-state index >= 15 is 0 Å². The van der Waals surface area contributed by atoms with Crippen LogP contribution in [0, 0.1) is 0 Å². The second-order valence-electron chi connectivity index (χ2n) is 7.55. The van der Waals surface area contributed by atoms with Gasteiger partial charge in [0.1, 0.15) is 0 Å². The van der Waals surface area contributed by atoms with E-state index in [9.17, 15) is 4.79 Å². The average Bonchev–Trinajstić information content (AvgIpc) is 3.21. The van der Waals surface area contributed by atoms with Gasteiger partial charge in [0.05, 0.1) is 11.6 Å². The van der Waals surface area contributed by atoms with Crippen LogP contribution in [0.2, 0.25) is 0 Å². The molecule has 30 heavy (non-hydrogen) atoms. The highest BCUT2D eigenvalue weighted by Crippen LogP contribution is 2.28. The highest BCUT2D eigenvalue weighted by Gasteiger charge is 2.22. The lowest BCUT2D eigenvalue weighted by atomic mass is 10.1. The van der Waals surface area contributed by atoms with E-state index in [0.29, 0.717) is 30.1 Å². The molecule has 1 fully saturated rings. The Labute approximate surface area is 175 Å². The van der Waals surface area contributed by atoms with Crippen LogP contribution in [0.4, 0.5) is 17.6 Å². The number of ether oxygens (including phenoxy) is 1. The van der Waals surface area contributed by atoms with E-state index in [-0.39, 0.29) is 6.10 Å². The highest BCUT2D eigenvalue weighted by molar-refractivity contribution is 5.82. The number of piperidine rings is 1. The summed E-state index contributed by atoms with van der Waals surface area (Å²) >= 11 is 0. The summed E-state index contributed by atoms with van der Waals surface area (Å²) in [7, 11) is 1.74. The summed E-state index contributed by atoms with van der Waals surface area (Å²) < 4.78 is 7.58. The van der Waals surface area contributed by atoms with Crippen LogP contribution in [0.25, 0.3) is 10.9 Å². The summed E-state index contributed by atoms with van der Waals surface area (Å²) in [4.78, 5) is 32.1. The van der Waals surface area contributed by atoms with Crippen molar-refractivity contribution in [2.45, 2.75) is 38.8 Å². The molecule has 3 aromatic heterocycles. The van der Waals surface area contributed by atoms with Crippen LogP contribution in [-0.2, 0) is 14.4 Å². The summed E-state index contributed by atoms with van der Waals surface area (Å²) in [5.41, 5.74) is 1.01. The molecule has 4 heterocycles. The van der Waals surface area contributed by atoms with E-state index in [4.69, 9.17) is 9.57 Å². The number of aromatic nitrogens is 4. The number of rotatable bonds is 7. The van der Waals surface area contributed by atoms with Crippen molar-refractivity contribution < 1.29 is 14.4 Å². The molecule has 0 spiro atoms. The Morgan fingerprint density at radius 3 is 2.70 bits per heavy atom. The van der Waals surface area contributed by atoms with E-state index in [1.807, 2.05) is 18.3 Å². The molecule has 0 bridgehead atoms. The first kappa shape index (κ1) is 20.1. The number of carbonyl (C=O) groups is 1. The lowest BCUT2D eigenvalue weighted by Gasteiger charge is -2.31. The smallest absolute Gasteiger partial charge is 0.321 e. The van der Waals surface area contributed by atoms with E-state index in [0.717, 1.165) is 36.8 Å². The fraction of sp³-hybridized carbons (Fsp3) is 0.429. The molecule has 9 nitrogen and oxygen atoms in total. The molecule has 0 saturated carbocycles. The molecule has 158 valence electrons. The van der Waals surface area contributed by atoms with Crippen LogP contribution in [0.3, 0.4) is 0 Å². The van der Waals surface area contributed by atoms with Gasteiger partial charge in [0.15, 0.2) is 11.6 Å². The Bertz CT molecular complexity index is 1010. The van der Waals surface area contributed by atoms with Crippen LogP contribution in [0.1, 0.15) is 32.7 Å². The minimum Gasteiger partial charge on any atom is -0.381 e. The predicted octanol–water partition coefficient (Wildman–Crippen LogP) is 3.25. The minimum absolute atomic E-state index is 0.271. The molecule has 1 aliphatic rings. The zero-order valence-corrected chi connectivity index (χ0v) is 17.4. The largest absolute Gasteiger partial charge is 0.381 e. The van der Waals surface area contributed by atoms with Gasteiger partial charge in [0.25, 0.3) is 0 Å². The number of nitrogens with zero attached hydrogens (tertiary/aromatic N) is 6. The van der Waals surface area contributed by atoms with Crippen molar-refractivity contribution in [2.75, 3.05) is 30.2 Å². The van der Waals surface area contributed by atoms with Crippen LogP contribution in [-0.4, -0.2) is 52.3 Å². The van der Waals surface area contributed by atoms with Gasteiger partial charge in [-0.1, -0.05) is 0 Å². The Morgan fingerprint density at radius 2 is 2.00 bits per heavy atom. The topological polar surface area (TPSA) is 85.6 Å². The molecule has 0 atom stereocenters. The second kappa shape index (κ2) is 8.66. The van der Waals surface area contributed by atoms with Gasteiger partial charge in [-0.05, 0) is 32.8 Å². The molecule has 1 aliphatic heterocycles. The van der Waals surface area contributed by atoms with Gasteiger partial charge in [-0.2, -0.15) is 4.98 Å². The van der Waals surface area contributed by atoms with Gasteiger partial charge >= 0.3 is 6.47 Å². The third-order valence-electron chi connectivity index (χ3n) is 5.40. The summed E-state index contributed by atoms with van der Waals surface area (Å²) in [6, 6.07) is 5.90. The zero-order valence-electron chi connectivity index (χ0n) is 17.4. The van der Waals surface area contributed by atoms with E-state index in [2.05, 4.69) is 38.3 Å². The number of anilines is 3. The Kier molecular flexibility index (Phi) is 5.80. The number of hydrogen-bond donors (Lipinski definition) is 0. The fourth-order valence-electron chi connectivity index (χ4n) is 3.76. The first-order valence-corrected chi connectivity index (χ1v) is 10.1. The monoisotopic (exact) mass is 410 g/mol. The molecule has 0 amide bonds. The maximum atomic E-state index is 11.2. The molecule has 0 unspecified atom stereocenters. The first-order valence-electron chi connectivity index (χ1n) is 10.1. The van der Waals surface area contributed by atoms with Crippen molar-refractivity contribution in [1.29, 1.82) is 0 Å². The Balaban J connectivity index is 1.66. The fourth-order valence-corrected chi connectivity index (χ4v) is 3.76. The Morgan fingerprint density at radius 1 is 1.20 bits per heavy atom. The lowest BCUT2D eigenvalue weighted by Crippen LogP contribution is -2.37. The first-order chi connectivity index (χ1) is 14.6. The molecule has 0 N–H and O–H groups in total. The van der Waals surface area contributed by atoms with Crippen molar-refractivity contribution in [1.82, 2.24) is 19.5 Å². The molecule has 0 radical (unpaired) electrons. The van der Waals surface area contributed by atoms with Gasteiger partial charge in [0.2, 0.25) is 5.95 Å². The minimum atomic E-state index is 0.271. The number of pyridine rings is 1. The number of fused-ring (bicyclic) bond motifs is 1. The normalized spacial score (nSPS) is 15.0. The third-order valence-corrected chi connectivity index (χ3v) is 5.40. The lowest BCUT2D eigenvalue weighted by molar-refractivity contribution is -0.128. The van der Waals surface area contributed by atoms with Crippen LogP contribution in [0.5, 0.6) is 0 Å². The van der Waals surface area contributed by atoms with Gasteiger partial charge in [0, 0.05) is 62.4 Å². The average molecular weight is 410 g/mol. The van der Waals surface area contributed by atoms with E-state index in [1.165, 1.54) is 5.06 Å². The van der Waals surface area contributed by atoms with Crippen molar-refractivity contribution >= 4 is 35.0 Å². The van der Waals surface area contributed by atoms with Crippen LogP contribution in [0.15, 0.2) is 36.8 Å². The molecular formula is C21H26N6O3. The van der Waals surface area contributed by atoms with E-state index < -0.39 is 0 Å². The van der Waals surface area contributed by atoms with Gasteiger partial charge in [-0.25, -0.2) is 9.97 Å². The quantitative estimate of drug-likeness (QED) is 0.433. The van der Waals surface area contributed by atoms with Crippen LogP contribution < -0.4 is 9.96 Å². The van der Waals surface area contributed by atoms with Gasteiger partial charge in [-0.3, -0.25) is 4.79 Å². The number of methoxy groups -OCH3 is 1. The van der Waals surface area contributed by atoms with Crippen molar-refractivity contribution in [3.63, 3.8) is 0 Å². The molecule has 4 rings (SSSR count). The number of hydrogen-bond acceptors (Lipinski definition) is 8. The zero-order chi connectivity index (χ0) is 21.1. The van der Waals surface area contributed by atoms with Crippen LogP contribution >= 0.6 is 0 Å². The molecular weight excluding hydrogens is 384 g/mol. The summed E-state index contributed by atoms with van der Waals surface area (Å²) in [6.07, 6.45) is 7.57. The van der Waals surface area contributed by atoms with E-state index in [1.54, 1.807) is 25.6 Å². The molecule has 0 aliphatic carbocycles. The summed E-state index contributed by atoms with van der Waals surface area (Å²) in [6.45, 7) is 6.22. The maximum Gasteiger partial charge on any atom is 0.321 e. The van der Waals surface area contributed by atoms with Crippen molar-refractivity contribution in [2.24, 2.45) is 0 Å². The summed E-state index contributed by atoms with van der Waals surface area (Å²) in [5.74, 6) is 1.50. The molecule has 0 aromatic carbocycles. The van der Waals surface area contributed by atoms with Crippen molar-refractivity contribution in [3.8, 4) is 0 Å². The second-order valence-corrected chi connectivity index (χ2v) is 7.55. The van der Waals surface area contributed by atoms with Gasteiger partial charge in [-0.15, -0.1) is 5.06 Å². The van der Waals surface area contributed by atoms with Crippen molar-refractivity contribution in [3.05, 3.63) is 36.8 Å². The SMILES string of the molecule is COC1CCN(c2nccc(N(OC=O)c3cc4c(ccn4C(C)C)cn3)n2)CC1. The Hall–Kier alpha value is -3.20. The predicted molar refractivity (Wildman–Crippen MR) is 114 cm³/mol. The number of carbonyl (C=O) groups excluding carboxylic acids is 1. The molecule has 3 aromatic rings. The molecule has 1 saturated heterocycles. The van der Waals surface area contributed by atoms with Gasteiger partial charge < -0.3 is 19.0 Å². The molecule has 9 heteroatoms. The third kappa shape index (κ3) is 3.93. The maximum absolute atomic E-state index is 11.2. The highest BCUT2D eigenvalue weighted by atomic mass is 16.7. The standard InChI is InChI=1S/C21H26N6O3/c1-15(2)26-11-5-16-13-23-20(12-18(16)26)27(30-14-28)19-4-8-22-21(24-19)25-9-6-17(29-3)7-10-25/h4-5,8,11-15,17H,6-7,9-10H2,1-3H3.